The van der Waals surface area contributed by atoms with E-state index in [1.165, 1.54) is 30.0 Å². The fourth-order valence-electron chi connectivity index (χ4n) is 1.49. The number of nitrogens with one attached hydrogen (secondary N) is 1. The van der Waals surface area contributed by atoms with Crippen molar-refractivity contribution in [2.24, 2.45) is 0 Å². The highest BCUT2D eigenvalue weighted by molar-refractivity contribution is 8.00. The third kappa shape index (κ3) is 3.51. The van der Waals surface area contributed by atoms with Crippen LogP contribution in [0.3, 0.4) is 0 Å². The minimum absolute atomic E-state index is 0.205. The van der Waals surface area contributed by atoms with Crippen molar-refractivity contribution in [1.82, 2.24) is 0 Å². The van der Waals surface area contributed by atoms with Crippen LogP contribution in [0.25, 0.3) is 0 Å². The van der Waals surface area contributed by atoms with Crippen molar-refractivity contribution in [3.8, 4) is 0 Å². The summed E-state index contributed by atoms with van der Waals surface area (Å²) in [4.78, 5) is 12.6. The lowest BCUT2D eigenvalue weighted by Crippen LogP contribution is -2.15. The molecule has 19 heavy (non-hydrogen) atoms. The Morgan fingerprint density at radius 2 is 2.26 bits per heavy atom. The first-order valence-corrected chi connectivity index (χ1v) is 6.56. The zero-order valence-electron chi connectivity index (χ0n) is 10.3. The molecule has 0 radical (unpaired) electrons. The van der Waals surface area contributed by atoms with E-state index < -0.39 is 5.82 Å². The second kappa shape index (κ2) is 5.79. The van der Waals surface area contributed by atoms with Crippen LogP contribution in [0, 0.1) is 12.7 Å². The van der Waals surface area contributed by atoms with E-state index in [1.807, 2.05) is 6.92 Å². The quantitative estimate of drug-likeness (QED) is 0.667. The summed E-state index contributed by atoms with van der Waals surface area (Å²) in [5.74, 6) is 0.282. The topological polar surface area (TPSA) is 68.3 Å². The highest BCUT2D eigenvalue weighted by Gasteiger charge is 2.09. The van der Waals surface area contributed by atoms with E-state index in [-0.39, 0.29) is 17.3 Å². The van der Waals surface area contributed by atoms with Crippen LogP contribution in [0.2, 0.25) is 0 Å². The number of rotatable bonds is 4. The molecule has 0 aliphatic carbocycles. The van der Waals surface area contributed by atoms with Crippen LogP contribution in [0.15, 0.2) is 39.8 Å². The molecule has 0 fully saturated rings. The van der Waals surface area contributed by atoms with E-state index in [0.29, 0.717) is 5.69 Å². The Bertz CT molecular complexity index is 598. The van der Waals surface area contributed by atoms with Crippen molar-refractivity contribution in [3.05, 3.63) is 42.1 Å². The Morgan fingerprint density at radius 3 is 2.95 bits per heavy atom. The number of halogens is 1. The molecule has 4 nitrogen and oxygen atoms in total. The van der Waals surface area contributed by atoms with Crippen LogP contribution in [-0.2, 0) is 4.79 Å². The number of anilines is 2. The molecule has 1 amide bonds. The molecule has 0 aliphatic heterocycles. The maximum Gasteiger partial charge on any atom is 0.234 e. The molecule has 1 aromatic carbocycles. The van der Waals surface area contributed by atoms with Gasteiger partial charge in [-0.15, -0.1) is 11.8 Å². The number of nitrogens with two attached hydrogens (primary N) is 1. The van der Waals surface area contributed by atoms with Gasteiger partial charge in [0.1, 0.15) is 11.6 Å². The first-order chi connectivity index (χ1) is 9.06. The van der Waals surface area contributed by atoms with Crippen molar-refractivity contribution in [1.29, 1.82) is 0 Å². The van der Waals surface area contributed by atoms with E-state index in [4.69, 9.17) is 10.2 Å². The Hall–Kier alpha value is -1.95. The van der Waals surface area contributed by atoms with Crippen LogP contribution in [0.5, 0.6) is 0 Å². The predicted molar refractivity (Wildman–Crippen MR) is 73.6 cm³/mol. The Balaban J connectivity index is 1.94. The number of nitrogen functional groups attached to an aromatic ring is 1. The number of carbonyl (C=O) groups excluding carboxylic acids is 1. The smallest absolute Gasteiger partial charge is 0.234 e. The summed E-state index contributed by atoms with van der Waals surface area (Å²) in [5.41, 5.74) is 6.27. The number of hydrogen-bond acceptors (Lipinski definition) is 4. The van der Waals surface area contributed by atoms with E-state index in [2.05, 4.69) is 5.32 Å². The standard InChI is InChI=1S/C13H13FN2O2S/c1-8-12(4-5-18-8)19-7-13(17)16-11-6-9(14)2-3-10(11)15/h2-6H,7,15H2,1H3,(H,16,17). The minimum Gasteiger partial charge on any atom is -0.468 e. The molecule has 0 saturated carbocycles. The van der Waals surface area contributed by atoms with Gasteiger partial charge in [0, 0.05) is 4.90 Å². The fraction of sp³-hybridized carbons (Fsp3) is 0.154. The summed E-state index contributed by atoms with van der Waals surface area (Å²) >= 11 is 1.35. The predicted octanol–water partition coefficient (Wildman–Crippen LogP) is 3.04. The molecule has 0 unspecified atom stereocenters. The van der Waals surface area contributed by atoms with Crippen molar-refractivity contribution < 1.29 is 13.6 Å². The van der Waals surface area contributed by atoms with Gasteiger partial charge in [-0.25, -0.2) is 4.39 Å². The number of carbonyl (C=O) groups is 1. The van der Waals surface area contributed by atoms with Crippen molar-refractivity contribution in [2.45, 2.75) is 11.8 Å². The van der Waals surface area contributed by atoms with E-state index in [0.717, 1.165) is 10.7 Å². The first-order valence-electron chi connectivity index (χ1n) is 5.58. The van der Waals surface area contributed by atoms with Gasteiger partial charge in [-0.05, 0) is 31.2 Å². The van der Waals surface area contributed by atoms with Gasteiger partial charge in [0.15, 0.2) is 0 Å². The zero-order valence-corrected chi connectivity index (χ0v) is 11.1. The largest absolute Gasteiger partial charge is 0.468 e. The normalized spacial score (nSPS) is 10.4. The summed E-state index contributed by atoms with van der Waals surface area (Å²) in [6, 6.07) is 5.65. The molecule has 0 aliphatic rings. The van der Waals surface area contributed by atoms with E-state index in [1.54, 1.807) is 12.3 Å². The second-order valence-electron chi connectivity index (χ2n) is 3.91. The first kappa shape index (κ1) is 13.5. The van der Waals surface area contributed by atoms with E-state index >= 15 is 0 Å². The van der Waals surface area contributed by atoms with Gasteiger partial charge in [0.25, 0.3) is 0 Å². The lowest BCUT2D eigenvalue weighted by atomic mass is 10.2. The molecule has 1 heterocycles. The molecule has 0 spiro atoms. The maximum atomic E-state index is 13.0. The monoisotopic (exact) mass is 280 g/mol. The van der Waals surface area contributed by atoms with Crippen LogP contribution in [-0.4, -0.2) is 11.7 Å². The number of aryl methyl sites for hydroxylation is 1. The summed E-state index contributed by atoms with van der Waals surface area (Å²) in [5, 5.41) is 2.58. The molecule has 0 bridgehead atoms. The highest BCUT2D eigenvalue weighted by Crippen LogP contribution is 2.24. The SMILES string of the molecule is Cc1occc1SCC(=O)Nc1cc(F)ccc1N. The lowest BCUT2D eigenvalue weighted by molar-refractivity contribution is -0.113. The van der Waals surface area contributed by atoms with Gasteiger partial charge < -0.3 is 15.5 Å². The van der Waals surface area contributed by atoms with Gasteiger partial charge in [-0.2, -0.15) is 0 Å². The third-order valence-corrected chi connectivity index (χ3v) is 3.60. The number of thioether (sulfide) groups is 1. The Morgan fingerprint density at radius 1 is 1.47 bits per heavy atom. The molecule has 2 aromatic rings. The Labute approximate surface area is 114 Å². The molecule has 3 N–H and O–H groups in total. The van der Waals surface area contributed by atoms with Gasteiger partial charge in [0.2, 0.25) is 5.91 Å². The molecular weight excluding hydrogens is 267 g/mol. The number of amides is 1. The fourth-order valence-corrected chi connectivity index (χ4v) is 2.25. The molecule has 1 aromatic heterocycles. The van der Waals surface area contributed by atoms with Crippen molar-refractivity contribution >= 4 is 29.0 Å². The van der Waals surface area contributed by atoms with Crippen LogP contribution >= 0.6 is 11.8 Å². The van der Waals surface area contributed by atoms with Crippen LogP contribution in [0.4, 0.5) is 15.8 Å². The minimum atomic E-state index is -0.442. The van der Waals surface area contributed by atoms with Crippen molar-refractivity contribution in [3.63, 3.8) is 0 Å². The van der Waals surface area contributed by atoms with Gasteiger partial charge in [0.05, 0.1) is 23.4 Å². The van der Waals surface area contributed by atoms with Crippen LogP contribution in [0.1, 0.15) is 5.76 Å². The number of hydrogen-bond donors (Lipinski definition) is 2. The Kier molecular flexibility index (Phi) is 4.11. The summed E-state index contributed by atoms with van der Waals surface area (Å²) in [6.45, 7) is 1.82. The van der Waals surface area contributed by atoms with Gasteiger partial charge in [-0.1, -0.05) is 0 Å². The van der Waals surface area contributed by atoms with E-state index in [9.17, 15) is 9.18 Å². The average molecular weight is 280 g/mol. The highest BCUT2D eigenvalue weighted by atomic mass is 32.2. The lowest BCUT2D eigenvalue weighted by Gasteiger charge is -2.07. The molecule has 0 atom stereocenters. The maximum absolute atomic E-state index is 13.0. The summed E-state index contributed by atoms with van der Waals surface area (Å²) in [7, 11) is 0. The number of benzene rings is 1. The van der Waals surface area contributed by atoms with Gasteiger partial charge >= 0.3 is 0 Å². The molecule has 6 heteroatoms. The number of furan rings is 1. The van der Waals surface area contributed by atoms with Gasteiger partial charge in [-0.3, -0.25) is 4.79 Å². The zero-order chi connectivity index (χ0) is 13.8. The summed E-state index contributed by atoms with van der Waals surface area (Å²) < 4.78 is 18.2. The van der Waals surface area contributed by atoms with Crippen LogP contribution < -0.4 is 11.1 Å². The molecular formula is C13H13FN2O2S. The third-order valence-electron chi connectivity index (χ3n) is 2.46. The average Bonchev–Trinajstić information content (AvgIpc) is 2.77. The van der Waals surface area contributed by atoms with Crippen molar-refractivity contribution in [2.75, 3.05) is 16.8 Å². The molecule has 100 valence electrons. The molecule has 2 rings (SSSR count). The molecule has 0 saturated heterocycles. The summed E-state index contributed by atoms with van der Waals surface area (Å²) in [6.07, 6.45) is 1.57. The second-order valence-corrected chi connectivity index (χ2v) is 4.93.